The molecule has 0 saturated carbocycles. The molecule has 2 aromatic rings. The number of methoxy groups -OCH3 is 2. The second-order valence-electron chi connectivity index (χ2n) is 4.24. The van der Waals surface area contributed by atoms with Crippen LogP contribution in [-0.2, 0) is 6.42 Å². The van der Waals surface area contributed by atoms with Crippen LogP contribution < -0.4 is 9.47 Å². The monoisotopic (exact) mass is 358 g/mol. The summed E-state index contributed by atoms with van der Waals surface area (Å²) in [4.78, 5) is -0.0523. The molecule has 0 amide bonds. The molecule has 1 unspecified atom stereocenters. The Morgan fingerprint density at radius 3 is 2.45 bits per heavy atom. The third-order valence-electron chi connectivity index (χ3n) is 3.15. The van der Waals surface area contributed by atoms with E-state index in [4.69, 9.17) is 25.5 Å². The molecule has 0 spiro atoms. The molecule has 0 N–H and O–H groups in total. The zero-order valence-corrected chi connectivity index (χ0v) is 13.9. The minimum absolute atomic E-state index is 0.0523. The Labute approximate surface area is 132 Å². The van der Waals surface area contributed by atoms with Gasteiger partial charge >= 0.3 is 0 Å². The lowest BCUT2D eigenvalue weighted by Gasteiger charge is -2.15. The van der Waals surface area contributed by atoms with Crippen molar-refractivity contribution in [2.75, 3.05) is 14.2 Å². The van der Waals surface area contributed by atoms with E-state index in [-0.39, 0.29) is 4.83 Å². The Kier molecular flexibility index (Phi) is 5.00. The van der Waals surface area contributed by atoms with Gasteiger partial charge in [-0.05, 0) is 17.7 Å². The van der Waals surface area contributed by atoms with Gasteiger partial charge in [0.05, 0.1) is 25.3 Å². The molecule has 1 atom stereocenters. The summed E-state index contributed by atoms with van der Waals surface area (Å²) in [7, 11) is 3.19. The van der Waals surface area contributed by atoms with Crippen LogP contribution in [0.1, 0.15) is 28.6 Å². The lowest BCUT2D eigenvalue weighted by molar-refractivity contribution is 0.354. The number of ether oxygens (including phenoxy) is 2. The highest BCUT2D eigenvalue weighted by Crippen LogP contribution is 2.42. The van der Waals surface area contributed by atoms with Crippen LogP contribution in [-0.4, -0.2) is 14.2 Å². The van der Waals surface area contributed by atoms with Crippen molar-refractivity contribution in [2.45, 2.75) is 18.2 Å². The first-order valence-corrected chi connectivity index (χ1v) is 7.53. The van der Waals surface area contributed by atoms with Gasteiger partial charge in [-0.1, -0.05) is 34.5 Å². The van der Waals surface area contributed by atoms with E-state index in [1.54, 1.807) is 26.5 Å². The first-order valence-electron chi connectivity index (χ1n) is 6.24. The number of furan rings is 1. The second-order valence-corrected chi connectivity index (χ2v) is 5.57. The molecule has 3 nitrogen and oxygen atoms in total. The lowest BCUT2D eigenvalue weighted by Crippen LogP contribution is -1.98. The second kappa shape index (κ2) is 6.55. The fourth-order valence-corrected chi connectivity index (χ4v) is 3.28. The van der Waals surface area contributed by atoms with Gasteiger partial charge in [-0.3, -0.25) is 0 Å². The summed E-state index contributed by atoms with van der Waals surface area (Å²) in [6, 6.07) is 5.59. The van der Waals surface area contributed by atoms with Gasteiger partial charge in [0.2, 0.25) is 0 Å². The topological polar surface area (TPSA) is 31.6 Å². The highest BCUT2D eigenvalue weighted by Gasteiger charge is 2.21. The van der Waals surface area contributed by atoms with Crippen LogP contribution in [0, 0.1) is 0 Å². The third kappa shape index (κ3) is 2.81. The Hall–Kier alpha value is -1.13. The van der Waals surface area contributed by atoms with Crippen LogP contribution >= 0.6 is 27.5 Å². The van der Waals surface area contributed by atoms with Crippen molar-refractivity contribution >= 4 is 27.5 Å². The molecule has 0 aliphatic carbocycles. The van der Waals surface area contributed by atoms with Gasteiger partial charge in [0.15, 0.2) is 11.5 Å². The van der Waals surface area contributed by atoms with Crippen LogP contribution in [0.2, 0.25) is 5.02 Å². The molecule has 0 bridgehead atoms. The number of halogens is 2. The van der Waals surface area contributed by atoms with Crippen LogP contribution in [0.25, 0.3) is 0 Å². The van der Waals surface area contributed by atoms with Crippen LogP contribution in [0.5, 0.6) is 11.5 Å². The van der Waals surface area contributed by atoms with Gasteiger partial charge in [-0.15, -0.1) is 0 Å². The van der Waals surface area contributed by atoms with E-state index in [0.29, 0.717) is 16.5 Å². The number of benzene rings is 1. The molecule has 108 valence electrons. The number of aryl methyl sites for hydroxylation is 1. The standard InChI is InChI=1S/C15H16BrClO3/c1-4-12-9(5-6-20-12)15(16)10-7-13(18-2)14(19-3)8-11(10)17/h5-8,15H,4H2,1-3H3. The number of hydrogen-bond acceptors (Lipinski definition) is 3. The predicted molar refractivity (Wildman–Crippen MR) is 83.4 cm³/mol. The first-order chi connectivity index (χ1) is 9.62. The minimum atomic E-state index is -0.0523. The van der Waals surface area contributed by atoms with E-state index < -0.39 is 0 Å². The normalized spacial score (nSPS) is 12.2. The maximum absolute atomic E-state index is 6.35. The van der Waals surface area contributed by atoms with Crippen molar-refractivity contribution in [2.24, 2.45) is 0 Å². The molecule has 0 aliphatic heterocycles. The molecule has 20 heavy (non-hydrogen) atoms. The summed E-state index contributed by atoms with van der Waals surface area (Å²) in [6.07, 6.45) is 2.52. The summed E-state index contributed by atoms with van der Waals surface area (Å²) in [5.74, 6) is 2.21. The lowest BCUT2D eigenvalue weighted by atomic mass is 10.0. The smallest absolute Gasteiger partial charge is 0.162 e. The van der Waals surface area contributed by atoms with Gasteiger partial charge in [-0.2, -0.15) is 0 Å². The molecule has 5 heteroatoms. The van der Waals surface area contributed by atoms with Crippen molar-refractivity contribution in [3.63, 3.8) is 0 Å². The van der Waals surface area contributed by atoms with Gasteiger partial charge in [0, 0.05) is 23.1 Å². The van der Waals surface area contributed by atoms with Crippen LogP contribution in [0.4, 0.5) is 0 Å². The van der Waals surface area contributed by atoms with Crippen molar-refractivity contribution in [3.05, 3.63) is 46.4 Å². The Balaban J connectivity index is 2.46. The Bertz CT molecular complexity index is 595. The molecular weight excluding hydrogens is 344 g/mol. The average Bonchev–Trinajstić information content (AvgIpc) is 2.94. The van der Waals surface area contributed by atoms with E-state index in [0.717, 1.165) is 23.3 Å². The molecule has 1 aromatic heterocycles. The van der Waals surface area contributed by atoms with E-state index in [1.165, 1.54) is 0 Å². The summed E-state index contributed by atoms with van der Waals surface area (Å²) in [5.41, 5.74) is 1.99. The fourth-order valence-electron chi connectivity index (χ4n) is 2.10. The van der Waals surface area contributed by atoms with Crippen LogP contribution in [0.3, 0.4) is 0 Å². The zero-order chi connectivity index (χ0) is 14.7. The van der Waals surface area contributed by atoms with Crippen molar-refractivity contribution < 1.29 is 13.9 Å². The van der Waals surface area contributed by atoms with Gasteiger partial charge < -0.3 is 13.9 Å². The third-order valence-corrected chi connectivity index (χ3v) is 4.46. The van der Waals surface area contributed by atoms with E-state index in [2.05, 4.69) is 22.9 Å². The molecular formula is C15H16BrClO3. The van der Waals surface area contributed by atoms with Gasteiger partial charge in [-0.25, -0.2) is 0 Å². The van der Waals surface area contributed by atoms with Gasteiger partial charge in [0.1, 0.15) is 5.76 Å². The average molecular weight is 360 g/mol. The van der Waals surface area contributed by atoms with E-state index in [9.17, 15) is 0 Å². The molecule has 0 radical (unpaired) electrons. The summed E-state index contributed by atoms with van der Waals surface area (Å²) >= 11 is 10.0. The molecule has 1 heterocycles. The SMILES string of the molecule is CCc1occc1C(Br)c1cc(OC)c(OC)cc1Cl. The van der Waals surface area contributed by atoms with Crippen molar-refractivity contribution in [3.8, 4) is 11.5 Å². The van der Waals surface area contributed by atoms with E-state index >= 15 is 0 Å². The Morgan fingerprint density at radius 2 is 1.85 bits per heavy atom. The molecule has 0 saturated heterocycles. The summed E-state index contributed by atoms with van der Waals surface area (Å²) in [5, 5.41) is 0.618. The maximum atomic E-state index is 6.35. The number of alkyl halides is 1. The summed E-state index contributed by atoms with van der Waals surface area (Å²) in [6.45, 7) is 2.05. The van der Waals surface area contributed by atoms with Crippen molar-refractivity contribution in [1.82, 2.24) is 0 Å². The predicted octanol–water partition coefficient (Wildman–Crippen LogP) is 5.00. The highest BCUT2D eigenvalue weighted by atomic mass is 79.9. The quantitative estimate of drug-likeness (QED) is 0.704. The molecule has 0 aliphatic rings. The first kappa shape index (κ1) is 15.3. The molecule has 1 aromatic carbocycles. The van der Waals surface area contributed by atoms with Crippen LogP contribution in [0.15, 0.2) is 28.9 Å². The minimum Gasteiger partial charge on any atom is -0.493 e. The van der Waals surface area contributed by atoms with Gasteiger partial charge in [0.25, 0.3) is 0 Å². The fraction of sp³-hybridized carbons (Fsp3) is 0.333. The largest absolute Gasteiger partial charge is 0.493 e. The summed E-state index contributed by atoms with van der Waals surface area (Å²) < 4.78 is 16.0. The van der Waals surface area contributed by atoms with Crippen molar-refractivity contribution in [1.29, 1.82) is 0 Å². The number of hydrogen-bond donors (Lipinski definition) is 0. The molecule has 0 fully saturated rings. The highest BCUT2D eigenvalue weighted by molar-refractivity contribution is 9.09. The maximum Gasteiger partial charge on any atom is 0.162 e. The zero-order valence-electron chi connectivity index (χ0n) is 11.6. The van der Waals surface area contributed by atoms with E-state index in [1.807, 2.05) is 12.1 Å². The molecule has 2 rings (SSSR count). The number of rotatable bonds is 5. The Morgan fingerprint density at radius 1 is 1.20 bits per heavy atom.